The van der Waals surface area contributed by atoms with Crippen LogP contribution in [0.3, 0.4) is 0 Å². The number of aromatic nitrogens is 2. The van der Waals surface area contributed by atoms with Crippen LogP contribution in [0.1, 0.15) is 19.3 Å². The molecule has 0 aliphatic carbocycles. The number of H-pyrrole nitrogens is 1. The van der Waals surface area contributed by atoms with Crippen molar-refractivity contribution in [2.45, 2.75) is 19.3 Å². The van der Waals surface area contributed by atoms with E-state index in [0.29, 0.717) is 17.5 Å². The van der Waals surface area contributed by atoms with Crippen LogP contribution in [0.5, 0.6) is 0 Å². The number of unbranched alkanes of at least 4 members (excludes halogenated alkanes) is 1. The molecular weight excluding hydrogens is 420 g/mol. The van der Waals surface area contributed by atoms with Crippen LogP contribution in [0.25, 0.3) is 22.0 Å². The Morgan fingerprint density at radius 3 is 2.67 bits per heavy atom. The Labute approximate surface area is 186 Å². The zero-order valence-electron chi connectivity index (χ0n) is 16.9. The fourth-order valence-electron chi connectivity index (χ4n) is 3.14. The predicted octanol–water partition coefficient (Wildman–Crippen LogP) is 4.07. The number of benzene rings is 2. The quantitative estimate of drug-likeness (QED) is 0.408. The topological polar surface area (TPSA) is 86.9 Å². The van der Waals surface area contributed by atoms with Crippen molar-refractivity contribution in [2.75, 3.05) is 30.4 Å². The third-order valence-electron chi connectivity index (χ3n) is 4.61. The van der Waals surface area contributed by atoms with Crippen LogP contribution in [0.15, 0.2) is 53.3 Å². The Morgan fingerprint density at radius 1 is 1.07 bits per heavy atom. The van der Waals surface area contributed by atoms with Crippen LogP contribution in [-0.2, 0) is 4.79 Å². The molecule has 0 saturated heterocycles. The van der Waals surface area contributed by atoms with Crippen molar-refractivity contribution in [3.05, 3.63) is 58.9 Å². The number of nitrogens with one attached hydrogen (secondary N) is 3. The van der Waals surface area contributed by atoms with Crippen molar-refractivity contribution in [3.8, 4) is 11.3 Å². The number of rotatable bonds is 10. The van der Waals surface area contributed by atoms with Gasteiger partial charge in [0.15, 0.2) is 0 Å². The number of nitrogens with zero attached hydrogens (tertiary/aromatic N) is 1. The van der Waals surface area contributed by atoms with E-state index in [9.17, 15) is 9.59 Å². The molecule has 160 valence electrons. The molecular formula is C22H27ClN4O2S. The lowest BCUT2D eigenvalue weighted by atomic mass is 10.0. The second-order valence-electron chi connectivity index (χ2n) is 6.78. The van der Waals surface area contributed by atoms with E-state index < -0.39 is 0 Å². The number of carbonyl (C=O) groups excluding carboxylic acids is 1. The van der Waals surface area contributed by atoms with E-state index in [1.165, 1.54) is 0 Å². The number of fused-ring (bicyclic) bond motifs is 1. The predicted molar refractivity (Wildman–Crippen MR) is 129 cm³/mol. The number of carbonyl (C=O) groups is 1. The van der Waals surface area contributed by atoms with Crippen molar-refractivity contribution in [2.24, 2.45) is 0 Å². The molecule has 6 nitrogen and oxygen atoms in total. The van der Waals surface area contributed by atoms with Gasteiger partial charge in [0.2, 0.25) is 5.91 Å². The molecule has 1 amide bonds. The molecule has 0 aliphatic heterocycles. The fraction of sp³-hybridized carbons (Fsp3) is 0.318. The number of hydrogen-bond acceptors (Lipinski definition) is 5. The Balaban J connectivity index is 0.00000320. The summed E-state index contributed by atoms with van der Waals surface area (Å²) in [5, 5.41) is 14.5. The lowest BCUT2D eigenvalue weighted by Crippen LogP contribution is -2.19. The highest BCUT2D eigenvalue weighted by molar-refractivity contribution is 7.98. The molecule has 0 fully saturated rings. The Bertz CT molecular complexity index is 1030. The van der Waals surface area contributed by atoms with Gasteiger partial charge in [0.1, 0.15) is 0 Å². The third-order valence-corrected chi connectivity index (χ3v) is 5.22. The zero-order chi connectivity index (χ0) is 20.5. The van der Waals surface area contributed by atoms with E-state index in [2.05, 4.69) is 27.1 Å². The molecule has 1 heterocycles. The molecule has 3 aromatic rings. The van der Waals surface area contributed by atoms with Gasteiger partial charge < -0.3 is 10.6 Å². The average molecular weight is 447 g/mol. The summed E-state index contributed by atoms with van der Waals surface area (Å²) in [5.74, 6) is 1.11. The number of aromatic amines is 1. The highest BCUT2D eigenvalue weighted by Gasteiger charge is 2.10. The van der Waals surface area contributed by atoms with Gasteiger partial charge in [0, 0.05) is 35.4 Å². The van der Waals surface area contributed by atoms with E-state index in [1.54, 1.807) is 6.07 Å². The maximum Gasteiger partial charge on any atom is 0.272 e. The van der Waals surface area contributed by atoms with Crippen LogP contribution >= 0.6 is 24.2 Å². The minimum Gasteiger partial charge on any atom is -0.326 e. The highest BCUT2D eigenvalue weighted by atomic mass is 35.5. The molecule has 0 saturated carbocycles. The average Bonchev–Trinajstić information content (AvgIpc) is 2.74. The van der Waals surface area contributed by atoms with Gasteiger partial charge in [-0.2, -0.15) is 16.9 Å². The molecule has 0 radical (unpaired) electrons. The van der Waals surface area contributed by atoms with Crippen molar-refractivity contribution >= 4 is 46.5 Å². The Hall–Kier alpha value is -2.35. The highest BCUT2D eigenvalue weighted by Crippen LogP contribution is 2.26. The lowest BCUT2D eigenvalue weighted by Gasteiger charge is -2.09. The number of halogens is 1. The molecule has 0 bridgehead atoms. The summed E-state index contributed by atoms with van der Waals surface area (Å²) in [5.41, 5.74) is 2.04. The SMILES string of the molecule is CSCCNCCCCC(=O)Nc1cccc(-c2n[nH]c(=O)c3ccccc23)c1.Cl. The van der Waals surface area contributed by atoms with Gasteiger partial charge >= 0.3 is 0 Å². The number of hydrogen-bond donors (Lipinski definition) is 3. The molecule has 30 heavy (non-hydrogen) atoms. The summed E-state index contributed by atoms with van der Waals surface area (Å²) in [7, 11) is 0. The minimum atomic E-state index is -0.211. The lowest BCUT2D eigenvalue weighted by molar-refractivity contribution is -0.116. The van der Waals surface area contributed by atoms with E-state index in [-0.39, 0.29) is 23.9 Å². The summed E-state index contributed by atoms with van der Waals surface area (Å²) in [6, 6.07) is 14.9. The first kappa shape index (κ1) is 23.9. The van der Waals surface area contributed by atoms with Crippen LogP contribution in [-0.4, -0.2) is 41.2 Å². The molecule has 3 N–H and O–H groups in total. The first-order valence-electron chi connectivity index (χ1n) is 9.76. The molecule has 0 unspecified atom stereocenters. The van der Waals surface area contributed by atoms with Gasteiger partial charge in [-0.3, -0.25) is 9.59 Å². The van der Waals surface area contributed by atoms with Crippen molar-refractivity contribution < 1.29 is 4.79 Å². The van der Waals surface area contributed by atoms with Gasteiger partial charge in [-0.1, -0.05) is 30.3 Å². The van der Waals surface area contributed by atoms with Gasteiger partial charge in [-0.25, -0.2) is 5.10 Å². The second-order valence-corrected chi connectivity index (χ2v) is 7.76. The van der Waals surface area contributed by atoms with Crippen LogP contribution in [0.2, 0.25) is 0 Å². The van der Waals surface area contributed by atoms with Crippen molar-refractivity contribution in [1.29, 1.82) is 0 Å². The number of amides is 1. The van der Waals surface area contributed by atoms with E-state index in [0.717, 1.165) is 48.3 Å². The first-order chi connectivity index (χ1) is 14.2. The summed E-state index contributed by atoms with van der Waals surface area (Å²) >= 11 is 1.82. The van der Waals surface area contributed by atoms with Crippen LogP contribution in [0, 0.1) is 0 Å². The van der Waals surface area contributed by atoms with E-state index in [4.69, 9.17) is 0 Å². The smallest absolute Gasteiger partial charge is 0.272 e. The Morgan fingerprint density at radius 2 is 1.87 bits per heavy atom. The van der Waals surface area contributed by atoms with Gasteiger partial charge in [0.05, 0.1) is 11.1 Å². The molecule has 0 spiro atoms. The second kappa shape index (κ2) is 12.4. The van der Waals surface area contributed by atoms with Crippen LogP contribution in [0.4, 0.5) is 5.69 Å². The normalized spacial score (nSPS) is 10.6. The molecule has 3 rings (SSSR count). The van der Waals surface area contributed by atoms with E-state index >= 15 is 0 Å². The third kappa shape index (κ3) is 6.58. The summed E-state index contributed by atoms with van der Waals surface area (Å²) in [4.78, 5) is 24.2. The number of anilines is 1. The largest absolute Gasteiger partial charge is 0.326 e. The van der Waals surface area contributed by atoms with Gasteiger partial charge in [-0.15, -0.1) is 12.4 Å². The molecule has 0 atom stereocenters. The summed E-state index contributed by atoms with van der Waals surface area (Å²) < 4.78 is 0. The standard InChI is InChI=1S/C22H26N4O2S.ClH/c1-29-14-13-23-12-5-4-11-20(27)24-17-8-6-7-16(15-17)21-18-9-2-3-10-19(18)22(28)26-25-21;/h2-3,6-10,15,23H,4-5,11-14H2,1H3,(H,24,27)(H,26,28);1H. The fourth-order valence-corrected chi connectivity index (χ4v) is 3.49. The monoisotopic (exact) mass is 446 g/mol. The number of thioether (sulfide) groups is 1. The van der Waals surface area contributed by atoms with Gasteiger partial charge in [0.25, 0.3) is 5.56 Å². The van der Waals surface area contributed by atoms with Gasteiger partial charge in [-0.05, 0) is 43.8 Å². The van der Waals surface area contributed by atoms with Crippen molar-refractivity contribution in [1.82, 2.24) is 15.5 Å². The van der Waals surface area contributed by atoms with E-state index in [1.807, 2.05) is 54.2 Å². The van der Waals surface area contributed by atoms with Crippen LogP contribution < -0.4 is 16.2 Å². The maximum atomic E-state index is 12.3. The summed E-state index contributed by atoms with van der Waals surface area (Å²) in [6.07, 6.45) is 4.42. The first-order valence-corrected chi connectivity index (χ1v) is 11.2. The maximum absolute atomic E-state index is 12.3. The Kier molecular flexibility index (Phi) is 9.86. The minimum absolute atomic E-state index is 0. The molecule has 2 aromatic carbocycles. The van der Waals surface area contributed by atoms with Crippen molar-refractivity contribution in [3.63, 3.8) is 0 Å². The molecule has 0 aliphatic rings. The zero-order valence-corrected chi connectivity index (χ0v) is 18.6. The summed E-state index contributed by atoms with van der Waals surface area (Å²) in [6.45, 7) is 1.95. The molecule has 8 heteroatoms. The molecule has 1 aromatic heterocycles.